The van der Waals surface area contributed by atoms with Gasteiger partial charge in [0.2, 0.25) is 5.95 Å². The van der Waals surface area contributed by atoms with Crippen LogP contribution >= 0.6 is 0 Å². The molecule has 0 radical (unpaired) electrons. The molecule has 7 nitrogen and oxygen atoms in total. The number of hydrogen-bond acceptors (Lipinski definition) is 6. The van der Waals surface area contributed by atoms with Gasteiger partial charge in [-0.15, -0.1) is 5.10 Å². The SMILES string of the molecule is Cc1cc(Nc2ncn(-c3cc(F)cc(F)c3)n2)cc(N2CC(N3CCOC[C@@H]3C)C2)c1. The fourth-order valence-electron chi connectivity index (χ4n) is 4.42. The van der Waals surface area contributed by atoms with Gasteiger partial charge in [0, 0.05) is 49.2 Å². The molecule has 9 heteroatoms. The molecule has 1 atom stereocenters. The second-order valence-electron chi connectivity index (χ2n) is 8.54. The average molecular weight is 440 g/mol. The molecule has 1 N–H and O–H groups in total. The monoisotopic (exact) mass is 440 g/mol. The summed E-state index contributed by atoms with van der Waals surface area (Å²) in [6, 6.07) is 10.5. The number of halogens is 2. The number of nitrogens with one attached hydrogen (secondary N) is 1. The van der Waals surface area contributed by atoms with E-state index in [-0.39, 0.29) is 5.69 Å². The van der Waals surface area contributed by atoms with Crippen LogP contribution in [0.1, 0.15) is 12.5 Å². The maximum absolute atomic E-state index is 13.5. The van der Waals surface area contributed by atoms with Gasteiger partial charge in [0.25, 0.3) is 0 Å². The van der Waals surface area contributed by atoms with Gasteiger partial charge in [0.15, 0.2) is 0 Å². The van der Waals surface area contributed by atoms with E-state index in [1.807, 2.05) is 6.07 Å². The van der Waals surface area contributed by atoms with Crippen LogP contribution in [0.5, 0.6) is 0 Å². The lowest BCUT2D eigenvalue weighted by molar-refractivity contribution is -0.0274. The molecule has 5 rings (SSSR count). The van der Waals surface area contributed by atoms with E-state index in [0.717, 1.165) is 55.9 Å². The van der Waals surface area contributed by atoms with Crippen LogP contribution < -0.4 is 10.2 Å². The highest BCUT2D eigenvalue weighted by molar-refractivity contribution is 5.65. The summed E-state index contributed by atoms with van der Waals surface area (Å²) < 4.78 is 33.9. The van der Waals surface area contributed by atoms with Crippen molar-refractivity contribution in [1.82, 2.24) is 19.7 Å². The number of hydrogen-bond donors (Lipinski definition) is 1. The smallest absolute Gasteiger partial charge is 0.246 e. The van der Waals surface area contributed by atoms with Crippen molar-refractivity contribution in [2.75, 3.05) is 43.1 Å². The predicted molar refractivity (Wildman–Crippen MR) is 119 cm³/mol. The van der Waals surface area contributed by atoms with Crippen LogP contribution in [0.25, 0.3) is 5.69 Å². The van der Waals surface area contributed by atoms with Crippen molar-refractivity contribution in [2.24, 2.45) is 0 Å². The van der Waals surface area contributed by atoms with Gasteiger partial charge in [-0.2, -0.15) is 4.98 Å². The minimum Gasteiger partial charge on any atom is -0.379 e. The summed E-state index contributed by atoms with van der Waals surface area (Å²) in [6.07, 6.45) is 1.43. The van der Waals surface area contributed by atoms with Crippen LogP contribution in [-0.4, -0.2) is 64.6 Å². The maximum Gasteiger partial charge on any atom is 0.246 e. The fourth-order valence-corrected chi connectivity index (χ4v) is 4.42. The zero-order valence-corrected chi connectivity index (χ0v) is 18.1. The van der Waals surface area contributed by atoms with E-state index in [2.05, 4.69) is 51.2 Å². The molecule has 0 spiro atoms. The van der Waals surface area contributed by atoms with Crippen molar-refractivity contribution >= 4 is 17.3 Å². The van der Waals surface area contributed by atoms with Crippen LogP contribution in [0, 0.1) is 18.6 Å². The topological polar surface area (TPSA) is 58.5 Å². The van der Waals surface area contributed by atoms with E-state index in [4.69, 9.17) is 4.74 Å². The summed E-state index contributed by atoms with van der Waals surface area (Å²) in [7, 11) is 0. The number of morpholine rings is 1. The molecule has 2 fully saturated rings. The molecule has 3 heterocycles. The van der Waals surface area contributed by atoms with Crippen molar-refractivity contribution in [3.8, 4) is 5.69 Å². The molecule has 0 saturated carbocycles. The van der Waals surface area contributed by atoms with E-state index in [1.54, 1.807) is 0 Å². The van der Waals surface area contributed by atoms with Crippen molar-refractivity contribution in [3.05, 3.63) is 59.9 Å². The molecule has 0 bridgehead atoms. The quantitative estimate of drug-likeness (QED) is 0.655. The first-order chi connectivity index (χ1) is 15.4. The number of benzene rings is 2. The van der Waals surface area contributed by atoms with E-state index in [1.165, 1.54) is 23.1 Å². The van der Waals surface area contributed by atoms with Gasteiger partial charge in [-0.1, -0.05) is 0 Å². The molecule has 2 aliphatic rings. The number of rotatable bonds is 5. The van der Waals surface area contributed by atoms with Crippen molar-refractivity contribution < 1.29 is 13.5 Å². The van der Waals surface area contributed by atoms with Crippen molar-refractivity contribution in [1.29, 1.82) is 0 Å². The van der Waals surface area contributed by atoms with Crippen molar-refractivity contribution in [3.63, 3.8) is 0 Å². The first-order valence-electron chi connectivity index (χ1n) is 10.8. The summed E-state index contributed by atoms with van der Waals surface area (Å²) in [6.45, 7) is 8.86. The molecule has 168 valence electrons. The lowest BCUT2D eigenvalue weighted by atomic mass is 10.0. The highest BCUT2D eigenvalue weighted by Crippen LogP contribution is 2.30. The Hall–Kier alpha value is -3.04. The summed E-state index contributed by atoms with van der Waals surface area (Å²) in [5, 5.41) is 7.51. The molecule has 0 unspecified atom stereocenters. The third-order valence-electron chi connectivity index (χ3n) is 6.04. The lowest BCUT2D eigenvalue weighted by Crippen LogP contribution is -2.63. The minimum absolute atomic E-state index is 0.275. The highest BCUT2D eigenvalue weighted by Gasteiger charge is 2.35. The third kappa shape index (κ3) is 4.31. The molecular formula is C23H26F2N6O. The largest absolute Gasteiger partial charge is 0.379 e. The Balaban J connectivity index is 1.27. The molecule has 2 aromatic carbocycles. The Bertz CT molecular complexity index is 1090. The second-order valence-corrected chi connectivity index (χ2v) is 8.54. The van der Waals surface area contributed by atoms with Crippen LogP contribution in [0.3, 0.4) is 0 Å². The molecule has 32 heavy (non-hydrogen) atoms. The molecule has 0 aliphatic carbocycles. The molecule has 2 saturated heterocycles. The van der Waals surface area contributed by atoms with Gasteiger partial charge in [0.1, 0.15) is 18.0 Å². The highest BCUT2D eigenvalue weighted by atomic mass is 19.1. The summed E-state index contributed by atoms with van der Waals surface area (Å²) in [5.41, 5.74) is 3.42. The van der Waals surface area contributed by atoms with Crippen LogP contribution in [0.4, 0.5) is 26.1 Å². The van der Waals surface area contributed by atoms with E-state index < -0.39 is 11.6 Å². The van der Waals surface area contributed by atoms with Gasteiger partial charge in [-0.05, 0) is 49.7 Å². The lowest BCUT2D eigenvalue weighted by Gasteiger charge is -2.50. The standard InChI is InChI=1S/C23H26F2N6O/c1-15-5-19(27-23-26-14-31(28-23)21-8-17(24)7-18(25)9-21)10-20(6-15)29-11-22(12-29)30-3-4-32-13-16(30)2/h5-10,14,16,22H,3-4,11-13H2,1-2H3,(H,27,28)/t16-/m0/s1. The number of nitrogens with zero attached hydrogens (tertiary/aromatic N) is 5. The average Bonchev–Trinajstić information content (AvgIpc) is 3.16. The van der Waals surface area contributed by atoms with Gasteiger partial charge < -0.3 is 15.0 Å². The molecular weight excluding hydrogens is 414 g/mol. The zero-order chi connectivity index (χ0) is 22.2. The Morgan fingerprint density at radius 1 is 1.03 bits per heavy atom. The number of aromatic nitrogens is 3. The molecule has 0 amide bonds. The van der Waals surface area contributed by atoms with E-state index in [9.17, 15) is 8.78 Å². The maximum atomic E-state index is 13.5. The zero-order valence-electron chi connectivity index (χ0n) is 18.1. The van der Waals surface area contributed by atoms with Crippen LogP contribution in [0.15, 0.2) is 42.7 Å². The van der Waals surface area contributed by atoms with E-state index >= 15 is 0 Å². The van der Waals surface area contributed by atoms with Gasteiger partial charge in [-0.3, -0.25) is 4.90 Å². The van der Waals surface area contributed by atoms with Gasteiger partial charge in [0.05, 0.1) is 18.9 Å². The van der Waals surface area contributed by atoms with Crippen LogP contribution in [0.2, 0.25) is 0 Å². The minimum atomic E-state index is -0.660. The summed E-state index contributed by atoms with van der Waals surface area (Å²) >= 11 is 0. The fraction of sp³-hybridized carbons (Fsp3) is 0.391. The number of aryl methyl sites for hydroxylation is 1. The summed E-state index contributed by atoms with van der Waals surface area (Å²) in [5.74, 6) is -0.963. The first-order valence-corrected chi connectivity index (χ1v) is 10.8. The third-order valence-corrected chi connectivity index (χ3v) is 6.04. The Morgan fingerprint density at radius 2 is 1.81 bits per heavy atom. The molecule has 1 aromatic heterocycles. The van der Waals surface area contributed by atoms with Crippen molar-refractivity contribution in [2.45, 2.75) is 25.9 Å². The molecule has 2 aliphatic heterocycles. The summed E-state index contributed by atoms with van der Waals surface area (Å²) in [4.78, 5) is 9.14. The number of ether oxygens (including phenoxy) is 1. The Kier molecular flexibility index (Phi) is 5.52. The number of anilines is 3. The van der Waals surface area contributed by atoms with Crippen LogP contribution in [-0.2, 0) is 4.74 Å². The second kappa shape index (κ2) is 8.48. The Morgan fingerprint density at radius 3 is 2.56 bits per heavy atom. The Labute approximate surface area is 185 Å². The van der Waals surface area contributed by atoms with Gasteiger partial charge >= 0.3 is 0 Å². The molecule has 3 aromatic rings. The normalized spacial score (nSPS) is 19.8. The first kappa shape index (κ1) is 20.8. The van der Waals surface area contributed by atoms with E-state index in [0.29, 0.717) is 18.0 Å². The predicted octanol–water partition coefficient (Wildman–Crippen LogP) is 3.51. The van der Waals surface area contributed by atoms with Gasteiger partial charge in [-0.25, -0.2) is 13.5 Å².